The van der Waals surface area contributed by atoms with Crippen molar-refractivity contribution in [1.29, 1.82) is 0 Å². The molecule has 3 unspecified atom stereocenters. The number of thioether (sulfide) groups is 1. The first-order chi connectivity index (χ1) is 9.22. The standard InChI is InChI=1S/C17H25NS/c1-12-7-13(2)9-15(8-12)18-10-14-11-19-17-6-4-3-5-16(14)17/h3-6,12-15,18H,7-11H2,1-2H3. The maximum Gasteiger partial charge on any atom is 0.0108 e. The summed E-state index contributed by atoms with van der Waals surface area (Å²) in [6, 6.07) is 9.67. The molecule has 104 valence electrons. The Morgan fingerprint density at radius 2 is 1.84 bits per heavy atom. The molecule has 0 amide bonds. The highest BCUT2D eigenvalue weighted by molar-refractivity contribution is 7.99. The van der Waals surface area contributed by atoms with Gasteiger partial charge in [0.25, 0.3) is 0 Å². The Labute approximate surface area is 121 Å². The van der Waals surface area contributed by atoms with Gasteiger partial charge in [0.1, 0.15) is 0 Å². The topological polar surface area (TPSA) is 12.0 Å². The molecule has 0 aromatic heterocycles. The molecule has 1 aliphatic heterocycles. The maximum atomic E-state index is 3.85. The highest BCUT2D eigenvalue weighted by Gasteiger charge is 2.26. The molecule has 2 heteroatoms. The lowest BCUT2D eigenvalue weighted by Crippen LogP contribution is -2.38. The summed E-state index contributed by atoms with van der Waals surface area (Å²) in [7, 11) is 0. The lowest BCUT2D eigenvalue weighted by molar-refractivity contribution is 0.238. The summed E-state index contributed by atoms with van der Waals surface area (Å²) in [5.74, 6) is 3.76. The maximum absolute atomic E-state index is 3.85. The molecule has 3 atom stereocenters. The first-order valence-corrected chi connectivity index (χ1v) is 8.66. The average Bonchev–Trinajstić information content (AvgIpc) is 2.78. The lowest BCUT2D eigenvalue weighted by atomic mass is 9.80. The molecular weight excluding hydrogens is 250 g/mol. The third-order valence-electron chi connectivity index (χ3n) is 4.63. The molecule has 2 aliphatic rings. The van der Waals surface area contributed by atoms with Gasteiger partial charge in [0.05, 0.1) is 0 Å². The fraction of sp³-hybridized carbons (Fsp3) is 0.647. The summed E-state index contributed by atoms with van der Waals surface area (Å²) in [5, 5.41) is 3.85. The predicted molar refractivity (Wildman–Crippen MR) is 83.9 cm³/mol. The molecule has 0 saturated heterocycles. The number of nitrogens with one attached hydrogen (secondary N) is 1. The summed E-state index contributed by atoms with van der Waals surface area (Å²) >= 11 is 2.02. The number of hydrogen-bond acceptors (Lipinski definition) is 2. The molecule has 3 rings (SSSR count). The fourth-order valence-corrected chi connectivity index (χ4v) is 5.08. The van der Waals surface area contributed by atoms with Gasteiger partial charge in [-0.25, -0.2) is 0 Å². The molecule has 1 nitrogen and oxygen atoms in total. The summed E-state index contributed by atoms with van der Waals surface area (Å²) in [5.41, 5.74) is 1.57. The number of rotatable bonds is 3. The average molecular weight is 275 g/mol. The zero-order chi connectivity index (χ0) is 13.2. The van der Waals surface area contributed by atoms with Crippen LogP contribution in [-0.2, 0) is 0 Å². The Morgan fingerprint density at radius 1 is 1.11 bits per heavy atom. The molecule has 1 heterocycles. The molecule has 1 N–H and O–H groups in total. The van der Waals surface area contributed by atoms with Gasteiger partial charge in [-0.15, -0.1) is 11.8 Å². The first kappa shape index (κ1) is 13.5. The highest BCUT2D eigenvalue weighted by atomic mass is 32.2. The van der Waals surface area contributed by atoms with Crippen molar-refractivity contribution in [1.82, 2.24) is 5.32 Å². The number of benzene rings is 1. The molecule has 1 aromatic rings. The minimum absolute atomic E-state index is 0.716. The van der Waals surface area contributed by atoms with Gasteiger partial charge in [0, 0.05) is 29.2 Å². The zero-order valence-electron chi connectivity index (χ0n) is 12.1. The Kier molecular flexibility index (Phi) is 4.18. The third kappa shape index (κ3) is 3.17. The number of hydrogen-bond donors (Lipinski definition) is 1. The SMILES string of the molecule is CC1CC(C)CC(NCC2CSc3ccccc32)C1. The minimum Gasteiger partial charge on any atom is -0.313 e. The summed E-state index contributed by atoms with van der Waals surface area (Å²) < 4.78 is 0. The Balaban J connectivity index is 1.56. The van der Waals surface area contributed by atoms with E-state index in [1.54, 1.807) is 5.56 Å². The van der Waals surface area contributed by atoms with Gasteiger partial charge in [-0.05, 0) is 42.7 Å². The van der Waals surface area contributed by atoms with E-state index in [-0.39, 0.29) is 0 Å². The van der Waals surface area contributed by atoms with E-state index in [0.29, 0.717) is 5.92 Å². The quantitative estimate of drug-likeness (QED) is 0.883. The van der Waals surface area contributed by atoms with Crippen LogP contribution < -0.4 is 5.32 Å². The van der Waals surface area contributed by atoms with Crippen LogP contribution in [0.4, 0.5) is 0 Å². The van der Waals surface area contributed by atoms with Crippen LogP contribution in [0.25, 0.3) is 0 Å². The van der Waals surface area contributed by atoms with Gasteiger partial charge < -0.3 is 5.32 Å². The molecule has 1 saturated carbocycles. The van der Waals surface area contributed by atoms with Gasteiger partial charge in [-0.1, -0.05) is 32.0 Å². The van der Waals surface area contributed by atoms with Crippen molar-refractivity contribution in [3.05, 3.63) is 29.8 Å². The molecule has 0 radical (unpaired) electrons. The van der Waals surface area contributed by atoms with E-state index < -0.39 is 0 Å². The smallest absolute Gasteiger partial charge is 0.0108 e. The van der Waals surface area contributed by atoms with Crippen LogP contribution in [0.15, 0.2) is 29.2 Å². The second kappa shape index (κ2) is 5.88. The van der Waals surface area contributed by atoms with Crippen molar-refractivity contribution in [2.75, 3.05) is 12.3 Å². The van der Waals surface area contributed by atoms with Crippen LogP contribution >= 0.6 is 11.8 Å². The van der Waals surface area contributed by atoms with E-state index in [1.807, 2.05) is 11.8 Å². The van der Waals surface area contributed by atoms with Gasteiger partial charge in [0.2, 0.25) is 0 Å². The van der Waals surface area contributed by atoms with E-state index in [1.165, 1.54) is 29.9 Å². The van der Waals surface area contributed by atoms with Gasteiger partial charge in [-0.3, -0.25) is 0 Å². The predicted octanol–water partition coefficient (Wildman–Crippen LogP) is 4.29. The van der Waals surface area contributed by atoms with Crippen LogP contribution in [0.3, 0.4) is 0 Å². The van der Waals surface area contributed by atoms with Crippen LogP contribution in [0.1, 0.15) is 44.6 Å². The molecule has 19 heavy (non-hydrogen) atoms. The van der Waals surface area contributed by atoms with Gasteiger partial charge >= 0.3 is 0 Å². The molecular formula is C17H25NS. The van der Waals surface area contributed by atoms with Crippen molar-refractivity contribution in [2.45, 2.75) is 50.0 Å². The Morgan fingerprint density at radius 3 is 2.63 bits per heavy atom. The Bertz CT molecular complexity index is 421. The van der Waals surface area contributed by atoms with Crippen LogP contribution in [0.5, 0.6) is 0 Å². The second-order valence-electron chi connectivity index (χ2n) is 6.57. The van der Waals surface area contributed by atoms with E-state index in [0.717, 1.165) is 24.4 Å². The van der Waals surface area contributed by atoms with Crippen molar-refractivity contribution in [3.8, 4) is 0 Å². The minimum atomic E-state index is 0.716. The fourth-order valence-electron chi connectivity index (χ4n) is 3.82. The molecule has 1 fully saturated rings. The zero-order valence-corrected chi connectivity index (χ0v) is 12.9. The largest absolute Gasteiger partial charge is 0.313 e. The second-order valence-corrected chi connectivity index (χ2v) is 7.63. The van der Waals surface area contributed by atoms with E-state index in [2.05, 4.69) is 43.4 Å². The van der Waals surface area contributed by atoms with Crippen LogP contribution in [-0.4, -0.2) is 18.3 Å². The summed E-state index contributed by atoms with van der Waals surface area (Å²) in [6.45, 7) is 5.98. The lowest BCUT2D eigenvalue weighted by Gasteiger charge is -2.32. The summed E-state index contributed by atoms with van der Waals surface area (Å²) in [4.78, 5) is 1.50. The third-order valence-corrected chi connectivity index (χ3v) is 5.88. The highest BCUT2D eigenvalue weighted by Crippen LogP contribution is 2.39. The molecule has 0 spiro atoms. The van der Waals surface area contributed by atoms with Gasteiger partial charge in [0.15, 0.2) is 0 Å². The van der Waals surface area contributed by atoms with E-state index in [9.17, 15) is 0 Å². The summed E-state index contributed by atoms with van der Waals surface area (Å²) in [6.07, 6.45) is 4.15. The van der Waals surface area contributed by atoms with Crippen LogP contribution in [0.2, 0.25) is 0 Å². The van der Waals surface area contributed by atoms with Gasteiger partial charge in [-0.2, -0.15) is 0 Å². The van der Waals surface area contributed by atoms with Crippen molar-refractivity contribution in [3.63, 3.8) is 0 Å². The normalized spacial score (nSPS) is 34.2. The van der Waals surface area contributed by atoms with Crippen molar-refractivity contribution < 1.29 is 0 Å². The molecule has 0 bridgehead atoms. The van der Waals surface area contributed by atoms with Crippen molar-refractivity contribution >= 4 is 11.8 Å². The molecule has 1 aliphatic carbocycles. The number of fused-ring (bicyclic) bond motifs is 1. The van der Waals surface area contributed by atoms with Crippen molar-refractivity contribution in [2.24, 2.45) is 11.8 Å². The van der Waals surface area contributed by atoms with E-state index >= 15 is 0 Å². The van der Waals surface area contributed by atoms with E-state index in [4.69, 9.17) is 0 Å². The monoisotopic (exact) mass is 275 g/mol. The Hall–Kier alpha value is -0.470. The molecule has 1 aromatic carbocycles. The van der Waals surface area contributed by atoms with Crippen LogP contribution in [0, 0.1) is 11.8 Å². The first-order valence-electron chi connectivity index (χ1n) is 7.67.